The lowest BCUT2D eigenvalue weighted by Gasteiger charge is -2.05. The Bertz CT molecular complexity index is 1150. The van der Waals surface area contributed by atoms with Gasteiger partial charge in [0.2, 0.25) is 0 Å². The largest absolute Gasteiger partial charge is 0.423 e. The van der Waals surface area contributed by atoms with Crippen molar-refractivity contribution in [3.63, 3.8) is 0 Å². The molecule has 0 atom stereocenters. The van der Waals surface area contributed by atoms with Crippen LogP contribution in [0.25, 0.3) is 0 Å². The molecule has 0 aliphatic rings. The molecule has 0 aliphatic heterocycles. The number of halogens is 2. The van der Waals surface area contributed by atoms with Crippen molar-refractivity contribution in [2.75, 3.05) is 6.54 Å². The summed E-state index contributed by atoms with van der Waals surface area (Å²) < 4.78 is 18.2. The molecule has 2 amide bonds. The molecule has 162 valence electrons. The van der Waals surface area contributed by atoms with Crippen LogP contribution in [0, 0.1) is 5.82 Å². The third kappa shape index (κ3) is 6.75. The lowest BCUT2D eigenvalue weighted by molar-refractivity contribution is -0.120. The molecule has 0 saturated heterocycles. The van der Waals surface area contributed by atoms with E-state index in [0.717, 1.165) is 12.1 Å². The van der Waals surface area contributed by atoms with E-state index in [2.05, 4.69) is 15.8 Å². The molecule has 0 saturated carbocycles. The smallest absolute Gasteiger partial charge is 0.343 e. The van der Waals surface area contributed by atoms with E-state index in [1.807, 2.05) is 0 Å². The molecule has 0 heterocycles. The van der Waals surface area contributed by atoms with Gasteiger partial charge in [-0.15, -0.1) is 0 Å². The molecule has 3 aromatic rings. The number of carbonyl (C=O) groups is 3. The van der Waals surface area contributed by atoms with Gasteiger partial charge in [-0.2, -0.15) is 5.10 Å². The average Bonchev–Trinajstić information content (AvgIpc) is 2.78. The Labute approximate surface area is 187 Å². The molecule has 0 unspecified atom stereocenters. The molecule has 0 aromatic heterocycles. The minimum Gasteiger partial charge on any atom is -0.423 e. The van der Waals surface area contributed by atoms with Crippen LogP contribution in [0.4, 0.5) is 4.39 Å². The molecule has 0 radical (unpaired) electrons. The van der Waals surface area contributed by atoms with Gasteiger partial charge in [0, 0.05) is 10.6 Å². The summed E-state index contributed by atoms with van der Waals surface area (Å²) in [5.74, 6) is -1.77. The maximum atomic E-state index is 12.9. The molecule has 9 heteroatoms. The third-order valence-electron chi connectivity index (χ3n) is 4.07. The van der Waals surface area contributed by atoms with Crippen LogP contribution in [0.2, 0.25) is 5.02 Å². The normalized spacial score (nSPS) is 10.6. The highest BCUT2D eigenvalue weighted by atomic mass is 35.5. The second-order valence-corrected chi connectivity index (χ2v) is 6.89. The summed E-state index contributed by atoms with van der Waals surface area (Å²) in [6, 6.07) is 17.8. The third-order valence-corrected chi connectivity index (χ3v) is 4.32. The Hall–Kier alpha value is -4.04. The number of carbonyl (C=O) groups excluding carboxylic acids is 3. The zero-order chi connectivity index (χ0) is 22.9. The number of esters is 1. The molecular formula is C23H17ClFN3O4. The first-order chi connectivity index (χ1) is 15.4. The predicted octanol–water partition coefficient (Wildman–Crippen LogP) is 3.58. The predicted molar refractivity (Wildman–Crippen MR) is 117 cm³/mol. The quantitative estimate of drug-likeness (QED) is 0.247. The fraction of sp³-hybridized carbons (Fsp3) is 0.0435. The number of hydrogen-bond donors (Lipinski definition) is 2. The SMILES string of the molecule is O=C(CNC(=O)c1ccc(F)cc1)N/N=C\c1cccc(OC(=O)c2ccc(Cl)cc2)c1. The molecule has 0 aliphatic carbocycles. The van der Waals surface area contributed by atoms with E-state index >= 15 is 0 Å². The summed E-state index contributed by atoms with van der Waals surface area (Å²) in [5.41, 5.74) is 3.43. The van der Waals surface area contributed by atoms with Gasteiger partial charge < -0.3 is 10.1 Å². The second-order valence-electron chi connectivity index (χ2n) is 6.45. The van der Waals surface area contributed by atoms with Gasteiger partial charge in [0.1, 0.15) is 11.6 Å². The first kappa shape index (κ1) is 22.6. The van der Waals surface area contributed by atoms with Crippen LogP contribution in [0.3, 0.4) is 0 Å². The van der Waals surface area contributed by atoms with E-state index in [1.54, 1.807) is 48.5 Å². The van der Waals surface area contributed by atoms with Crippen molar-refractivity contribution in [3.05, 3.63) is 100 Å². The molecule has 3 aromatic carbocycles. The van der Waals surface area contributed by atoms with Gasteiger partial charge in [0.15, 0.2) is 0 Å². The summed E-state index contributed by atoms with van der Waals surface area (Å²) in [6.45, 7) is -0.313. The number of nitrogens with zero attached hydrogens (tertiary/aromatic N) is 1. The molecule has 3 rings (SSSR count). The Morgan fingerprint density at radius 3 is 2.38 bits per heavy atom. The fourth-order valence-electron chi connectivity index (χ4n) is 2.49. The van der Waals surface area contributed by atoms with Gasteiger partial charge in [-0.3, -0.25) is 9.59 Å². The number of nitrogens with one attached hydrogen (secondary N) is 2. The highest BCUT2D eigenvalue weighted by molar-refractivity contribution is 6.30. The van der Waals surface area contributed by atoms with Crippen LogP contribution in [-0.2, 0) is 4.79 Å². The van der Waals surface area contributed by atoms with E-state index in [4.69, 9.17) is 16.3 Å². The Balaban J connectivity index is 1.49. The monoisotopic (exact) mass is 453 g/mol. The Morgan fingerprint density at radius 1 is 0.969 bits per heavy atom. The summed E-state index contributed by atoms with van der Waals surface area (Å²) in [6.07, 6.45) is 1.36. The van der Waals surface area contributed by atoms with Crippen molar-refractivity contribution in [2.24, 2.45) is 5.10 Å². The molecule has 32 heavy (non-hydrogen) atoms. The number of rotatable bonds is 7. The van der Waals surface area contributed by atoms with E-state index in [1.165, 1.54) is 18.3 Å². The highest BCUT2D eigenvalue weighted by Gasteiger charge is 2.09. The average molecular weight is 454 g/mol. The van der Waals surface area contributed by atoms with E-state index < -0.39 is 23.6 Å². The summed E-state index contributed by atoms with van der Waals surface area (Å²) in [4.78, 5) is 35.9. The van der Waals surface area contributed by atoms with Gasteiger partial charge in [-0.1, -0.05) is 23.7 Å². The van der Waals surface area contributed by atoms with E-state index in [9.17, 15) is 18.8 Å². The van der Waals surface area contributed by atoms with Crippen molar-refractivity contribution < 1.29 is 23.5 Å². The molecule has 0 fully saturated rings. The zero-order valence-electron chi connectivity index (χ0n) is 16.5. The number of hydrazone groups is 1. The minimum atomic E-state index is -0.554. The Morgan fingerprint density at radius 2 is 1.66 bits per heavy atom. The number of benzene rings is 3. The maximum Gasteiger partial charge on any atom is 0.343 e. The van der Waals surface area contributed by atoms with Crippen molar-refractivity contribution in [2.45, 2.75) is 0 Å². The maximum absolute atomic E-state index is 12.9. The second kappa shape index (κ2) is 10.8. The van der Waals surface area contributed by atoms with Gasteiger partial charge in [-0.25, -0.2) is 14.6 Å². The standard InChI is InChI=1S/C23H17ClFN3O4/c24-18-8-4-17(5-9-18)23(31)32-20-3-1-2-15(12-20)13-27-28-21(29)14-26-22(30)16-6-10-19(25)11-7-16/h1-13H,14H2,(H,26,30)(H,28,29)/b27-13-. The lowest BCUT2D eigenvalue weighted by atomic mass is 10.2. The zero-order valence-corrected chi connectivity index (χ0v) is 17.3. The number of amides is 2. The van der Waals surface area contributed by atoms with Gasteiger partial charge >= 0.3 is 5.97 Å². The van der Waals surface area contributed by atoms with Crippen molar-refractivity contribution >= 4 is 35.6 Å². The van der Waals surface area contributed by atoms with Crippen LogP contribution < -0.4 is 15.5 Å². The van der Waals surface area contributed by atoms with Crippen molar-refractivity contribution in [3.8, 4) is 5.75 Å². The lowest BCUT2D eigenvalue weighted by Crippen LogP contribution is -2.34. The molecule has 0 bridgehead atoms. The van der Waals surface area contributed by atoms with Crippen LogP contribution in [-0.4, -0.2) is 30.5 Å². The highest BCUT2D eigenvalue weighted by Crippen LogP contribution is 2.16. The van der Waals surface area contributed by atoms with E-state index in [0.29, 0.717) is 21.9 Å². The summed E-state index contributed by atoms with van der Waals surface area (Å²) >= 11 is 5.81. The molecule has 2 N–H and O–H groups in total. The minimum absolute atomic E-state index is 0.229. The number of hydrogen-bond acceptors (Lipinski definition) is 5. The van der Waals surface area contributed by atoms with Crippen LogP contribution in [0.15, 0.2) is 77.9 Å². The summed E-state index contributed by atoms with van der Waals surface area (Å²) in [5, 5.41) is 6.73. The van der Waals surface area contributed by atoms with Gasteiger partial charge in [0.05, 0.1) is 18.3 Å². The van der Waals surface area contributed by atoms with Crippen molar-refractivity contribution in [1.29, 1.82) is 0 Å². The van der Waals surface area contributed by atoms with E-state index in [-0.39, 0.29) is 12.1 Å². The van der Waals surface area contributed by atoms with Crippen LogP contribution >= 0.6 is 11.6 Å². The summed E-state index contributed by atoms with van der Waals surface area (Å²) in [7, 11) is 0. The van der Waals surface area contributed by atoms with Crippen LogP contribution in [0.1, 0.15) is 26.3 Å². The van der Waals surface area contributed by atoms with Crippen molar-refractivity contribution in [1.82, 2.24) is 10.7 Å². The molecular weight excluding hydrogens is 437 g/mol. The molecule has 0 spiro atoms. The molecule has 7 nitrogen and oxygen atoms in total. The number of ether oxygens (including phenoxy) is 1. The topological polar surface area (TPSA) is 96.9 Å². The van der Waals surface area contributed by atoms with Gasteiger partial charge in [-0.05, 0) is 66.2 Å². The van der Waals surface area contributed by atoms with Crippen LogP contribution in [0.5, 0.6) is 5.75 Å². The fourth-order valence-corrected chi connectivity index (χ4v) is 2.62. The Kier molecular flexibility index (Phi) is 7.66. The van der Waals surface area contributed by atoms with Gasteiger partial charge in [0.25, 0.3) is 11.8 Å². The first-order valence-corrected chi connectivity index (χ1v) is 9.72. The first-order valence-electron chi connectivity index (χ1n) is 9.34.